The summed E-state index contributed by atoms with van der Waals surface area (Å²) in [6.07, 6.45) is 2.32. The summed E-state index contributed by atoms with van der Waals surface area (Å²) in [5, 5.41) is 3.13. The van der Waals surface area contributed by atoms with E-state index in [2.05, 4.69) is 17.2 Å². The predicted octanol–water partition coefficient (Wildman–Crippen LogP) is 1.70. The first-order valence-corrected chi connectivity index (χ1v) is 8.72. The predicted molar refractivity (Wildman–Crippen MR) is 81.8 cm³/mol. The summed E-state index contributed by atoms with van der Waals surface area (Å²) in [5.41, 5.74) is 0. The van der Waals surface area contributed by atoms with E-state index >= 15 is 0 Å². The van der Waals surface area contributed by atoms with Crippen molar-refractivity contribution in [1.29, 1.82) is 0 Å². The SMILES string of the molecule is CCCNc1ccc(S(=O)(=O)N2CC(C)OCC2C)cn1. The zero-order valence-electron chi connectivity index (χ0n) is 12.7. The minimum atomic E-state index is -3.52. The van der Waals surface area contributed by atoms with Gasteiger partial charge >= 0.3 is 0 Å². The van der Waals surface area contributed by atoms with Crippen LogP contribution >= 0.6 is 0 Å². The van der Waals surface area contributed by atoms with Crippen LogP contribution < -0.4 is 5.32 Å². The van der Waals surface area contributed by atoms with Gasteiger partial charge in [0, 0.05) is 25.3 Å². The fourth-order valence-corrected chi connectivity index (χ4v) is 3.87. The first-order valence-electron chi connectivity index (χ1n) is 7.28. The van der Waals surface area contributed by atoms with E-state index in [1.165, 1.54) is 10.5 Å². The van der Waals surface area contributed by atoms with Gasteiger partial charge in [-0.05, 0) is 32.4 Å². The lowest BCUT2D eigenvalue weighted by Gasteiger charge is -2.35. The Balaban J connectivity index is 2.18. The number of hydrogen-bond donors (Lipinski definition) is 1. The number of pyridine rings is 1. The maximum Gasteiger partial charge on any atom is 0.245 e. The summed E-state index contributed by atoms with van der Waals surface area (Å²) in [7, 11) is -3.52. The highest BCUT2D eigenvalue weighted by atomic mass is 32.2. The quantitative estimate of drug-likeness (QED) is 0.896. The van der Waals surface area contributed by atoms with Gasteiger partial charge < -0.3 is 10.1 Å². The number of nitrogens with zero attached hydrogens (tertiary/aromatic N) is 2. The minimum Gasteiger partial charge on any atom is -0.375 e. The fourth-order valence-electron chi connectivity index (χ4n) is 2.23. The second-order valence-corrected chi connectivity index (χ2v) is 7.26. The van der Waals surface area contributed by atoms with Crippen LogP contribution in [-0.4, -0.2) is 49.5 Å². The van der Waals surface area contributed by atoms with Gasteiger partial charge in [-0.2, -0.15) is 4.31 Å². The molecule has 2 atom stereocenters. The monoisotopic (exact) mass is 313 g/mol. The third-order valence-corrected chi connectivity index (χ3v) is 5.41. The average Bonchev–Trinajstić information content (AvgIpc) is 2.48. The molecule has 21 heavy (non-hydrogen) atoms. The van der Waals surface area contributed by atoms with Crippen molar-refractivity contribution in [3.63, 3.8) is 0 Å². The Hall–Kier alpha value is -1.18. The average molecular weight is 313 g/mol. The molecule has 1 aromatic rings. The molecule has 0 aliphatic carbocycles. The lowest BCUT2D eigenvalue weighted by atomic mass is 10.2. The molecule has 2 heterocycles. The molecule has 6 nitrogen and oxygen atoms in total. The lowest BCUT2D eigenvalue weighted by Crippen LogP contribution is -2.50. The van der Waals surface area contributed by atoms with Gasteiger partial charge in [0.25, 0.3) is 0 Å². The van der Waals surface area contributed by atoms with Gasteiger partial charge in [0.1, 0.15) is 10.7 Å². The molecule has 0 radical (unpaired) electrons. The van der Waals surface area contributed by atoms with Gasteiger partial charge in [-0.3, -0.25) is 0 Å². The normalized spacial score (nSPS) is 24.0. The minimum absolute atomic E-state index is 0.0885. The molecule has 0 saturated carbocycles. The molecule has 1 aliphatic heterocycles. The van der Waals surface area contributed by atoms with Crippen LogP contribution in [-0.2, 0) is 14.8 Å². The van der Waals surface area contributed by atoms with Gasteiger partial charge in [0.05, 0.1) is 12.7 Å². The highest BCUT2D eigenvalue weighted by molar-refractivity contribution is 7.89. The maximum atomic E-state index is 12.7. The molecule has 1 N–H and O–H groups in total. The van der Waals surface area contributed by atoms with Crippen molar-refractivity contribution in [2.75, 3.05) is 25.0 Å². The van der Waals surface area contributed by atoms with E-state index in [0.717, 1.165) is 13.0 Å². The lowest BCUT2D eigenvalue weighted by molar-refractivity contribution is -0.0170. The second-order valence-electron chi connectivity index (χ2n) is 5.37. The maximum absolute atomic E-state index is 12.7. The van der Waals surface area contributed by atoms with Crippen LogP contribution in [0.1, 0.15) is 27.2 Å². The van der Waals surface area contributed by atoms with Crippen molar-refractivity contribution in [2.45, 2.75) is 44.2 Å². The number of morpholine rings is 1. The molecule has 0 bridgehead atoms. The number of rotatable bonds is 5. The van der Waals surface area contributed by atoms with E-state index in [1.807, 2.05) is 13.8 Å². The molecule has 0 spiro atoms. The number of ether oxygens (including phenoxy) is 1. The van der Waals surface area contributed by atoms with Crippen LogP contribution in [0.25, 0.3) is 0 Å². The smallest absolute Gasteiger partial charge is 0.245 e. The Morgan fingerprint density at radius 3 is 2.81 bits per heavy atom. The molecule has 2 rings (SSSR count). The van der Waals surface area contributed by atoms with Crippen LogP contribution in [0.5, 0.6) is 0 Å². The van der Waals surface area contributed by atoms with Crippen molar-refractivity contribution in [3.8, 4) is 0 Å². The topological polar surface area (TPSA) is 71.5 Å². The molecule has 0 amide bonds. The van der Waals surface area contributed by atoms with E-state index in [4.69, 9.17) is 4.74 Å². The van der Waals surface area contributed by atoms with Crippen molar-refractivity contribution < 1.29 is 13.2 Å². The van der Waals surface area contributed by atoms with Crippen molar-refractivity contribution >= 4 is 15.8 Å². The Labute approximate surface area is 126 Å². The summed E-state index contributed by atoms with van der Waals surface area (Å²) >= 11 is 0. The van der Waals surface area contributed by atoms with Gasteiger partial charge in [-0.15, -0.1) is 0 Å². The Morgan fingerprint density at radius 2 is 2.19 bits per heavy atom. The van der Waals surface area contributed by atoms with Crippen LogP contribution in [0, 0.1) is 0 Å². The summed E-state index contributed by atoms with van der Waals surface area (Å²) in [5.74, 6) is 0.694. The molecule has 2 unspecified atom stereocenters. The molecular formula is C14H23N3O3S. The molecule has 1 aromatic heterocycles. The van der Waals surface area contributed by atoms with Gasteiger partial charge in [-0.25, -0.2) is 13.4 Å². The molecule has 1 fully saturated rings. The molecule has 118 valence electrons. The number of hydrogen-bond acceptors (Lipinski definition) is 5. The zero-order valence-corrected chi connectivity index (χ0v) is 13.6. The van der Waals surface area contributed by atoms with E-state index in [0.29, 0.717) is 19.0 Å². The van der Waals surface area contributed by atoms with Gasteiger partial charge in [0.2, 0.25) is 10.0 Å². The van der Waals surface area contributed by atoms with E-state index in [-0.39, 0.29) is 17.0 Å². The molecule has 0 aromatic carbocycles. The van der Waals surface area contributed by atoms with Crippen LogP contribution in [0.3, 0.4) is 0 Å². The molecule has 7 heteroatoms. The highest BCUT2D eigenvalue weighted by Gasteiger charge is 2.34. The molecular weight excluding hydrogens is 290 g/mol. The summed E-state index contributed by atoms with van der Waals surface area (Å²) in [4.78, 5) is 4.40. The number of anilines is 1. The Morgan fingerprint density at radius 1 is 1.43 bits per heavy atom. The summed E-state index contributed by atoms with van der Waals surface area (Å²) < 4.78 is 32.3. The van der Waals surface area contributed by atoms with E-state index in [1.54, 1.807) is 12.1 Å². The Kier molecular flexibility index (Phi) is 5.18. The number of nitrogens with one attached hydrogen (secondary N) is 1. The van der Waals surface area contributed by atoms with Crippen LogP contribution in [0.4, 0.5) is 5.82 Å². The third-order valence-electron chi connectivity index (χ3n) is 3.45. The van der Waals surface area contributed by atoms with Crippen molar-refractivity contribution in [2.24, 2.45) is 0 Å². The standard InChI is InChI=1S/C14H23N3O3S/c1-4-7-15-14-6-5-13(8-16-14)21(18,19)17-9-12(3)20-10-11(17)2/h5-6,8,11-12H,4,7,9-10H2,1-3H3,(H,15,16). The number of aromatic nitrogens is 1. The molecule has 1 saturated heterocycles. The first-order chi connectivity index (χ1) is 9.95. The zero-order chi connectivity index (χ0) is 15.5. The van der Waals surface area contributed by atoms with Crippen molar-refractivity contribution in [3.05, 3.63) is 18.3 Å². The Bertz CT molecular complexity index is 559. The van der Waals surface area contributed by atoms with Crippen molar-refractivity contribution in [1.82, 2.24) is 9.29 Å². The van der Waals surface area contributed by atoms with Gasteiger partial charge in [0.15, 0.2) is 0 Å². The van der Waals surface area contributed by atoms with E-state index < -0.39 is 10.0 Å². The fraction of sp³-hybridized carbons (Fsp3) is 0.643. The highest BCUT2D eigenvalue weighted by Crippen LogP contribution is 2.22. The second kappa shape index (κ2) is 6.72. The van der Waals surface area contributed by atoms with E-state index in [9.17, 15) is 8.42 Å². The summed E-state index contributed by atoms with van der Waals surface area (Å²) in [6.45, 7) is 7.41. The third kappa shape index (κ3) is 3.72. The van der Waals surface area contributed by atoms with Gasteiger partial charge in [-0.1, -0.05) is 6.92 Å². The summed E-state index contributed by atoms with van der Waals surface area (Å²) in [6, 6.07) is 3.15. The molecule has 1 aliphatic rings. The first kappa shape index (κ1) is 16.2. The largest absolute Gasteiger partial charge is 0.375 e. The van der Waals surface area contributed by atoms with Crippen LogP contribution in [0.15, 0.2) is 23.2 Å². The van der Waals surface area contributed by atoms with Crippen LogP contribution in [0.2, 0.25) is 0 Å². The number of sulfonamides is 1.